The molecular weight excluding hydrogens is 240 g/mol. The van der Waals surface area contributed by atoms with Gasteiger partial charge in [0.05, 0.1) is 12.4 Å². The minimum atomic E-state index is 0.761. The van der Waals surface area contributed by atoms with Gasteiger partial charge >= 0.3 is 0 Å². The van der Waals surface area contributed by atoms with Crippen LogP contribution in [0.5, 0.6) is 0 Å². The Balaban J connectivity index is 1.85. The molecule has 19 heavy (non-hydrogen) atoms. The molecule has 0 radical (unpaired) electrons. The summed E-state index contributed by atoms with van der Waals surface area (Å²) >= 11 is 0. The zero-order chi connectivity index (χ0) is 13.3. The highest BCUT2D eigenvalue weighted by molar-refractivity contribution is 5.78. The van der Waals surface area contributed by atoms with Crippen LogP contribution in [-0.4, -0.2) is 16.5 Å². The maximum Gasteiger partial charge on any atom is 0.196 e. The van der Waals surface area contributed by atoms with E-state index in [-0.39, 0.29) is 0 Å². The van der Waals surface area contributed by atoms with Crippen molar-refractivity contribution in [3.05, 3.63) is 66.8 Å². The molecule has 1 N–H and O–H groups in total. The zero-order valence-electron chi connectivity index (χ0n) is 10.5. The van der Waals surface area contributed by atoms with E-state index >= 15 is 0 Å². The third-order valence-electron chi connectivity index (χ3n) is 2.57. The minimum absolute atomic E-state index is 0.761. The van der Waals surface area contributed by atoms with E-state index in [2.05, 4.69) is 22.4 Å². The van der Waals surface area contributed by atoms with E-state index in [1.54, 1.807) is 6.20 Å². The summed E-state index contributed by atoms with van der Waals surface area (Å²) in [5, 5.41) is 15.6. The van der Waals surface area contributed by atoms with E-state index in [0.29, 0.717) is 0 Å². The molecule has 2 heterocycles. The van der Waals surface area contributed by atoms with E-state index in [9.17, 15) is 0 Å². The molecule has 2 rings (SSSR count). The van der Waals surface area contributed by atoms with E-state index in [4.69, 9.17) is 5.21 Å². The summed E-state index contributed by atoms with van der Waals surface area (Å²) in [6.45, 7) is 1.56. The Bertz CT molecular complexity index is 549. The Kier molecular flexibility index (Phi) is 4.75. The average Bonchev–Trinajstić information content (AvgIpc) is 2.47. The number of pyridine rings is 1. The number of hydrogen-bond acceptors (Lipinski definition) is 3. The molecule has 0 aliphatic carbocycles. The first-order valence-electron chi connectivity index (χ1n) is 6.01. The Hall–Kier alpha value is -2.56. The van der Waals surface area contributed by atoms with Crippen molar-refractivity contribution >= 4 is 6.21 Å². The Morgan fingerprint density at radius 3 is 2.58 bits per heavy atom. The second-order valence-electron chi connectivity index (χ2n) is 3.96. The molecule has 0 aromatic carbocycles. The van der Waals surface area contributed by atoms with E-state index in [0.717, 1.165) is 18.7 Å². The lowest BCUT2D eigenvalue weighted by atomic mass is 10.3. The van der Waals surface area contributed by atoms with Gasteiger partial charge in [-0.3, -0.25) is 0 Å². The number of oxime groups is 1. The molecule has 96 valence electrons. The average molecular weight is 256 g/mol. The molecule has 0 unspecified atom stereocenters. The molecule has 0 spiro atoms. The van der Waals surface area contributed by atoms with Crippen molar-refractivity contribution in [3.63, 3.8) is 0 Å². The van der Waals surface area contributed by atoms with Gasteiger partial charge in [0.25, 0.3) is 0 Å². The normalized spacial score (nSPS) is 11.4. The Morgan fingerprint density at radius 1 is 1.11 bits per heavy atom. The molecule has 0 amide bonds. The molecule has 5 nitrogen and oxygen atoms in total. The summed E-state index contributed by atoms with van der Waals surface area (Å²) in [5.41, 5.74) is 0.867. The number of nitrogens with zero attached hydrogens (tertiary/aromatic N) is 4. The van der Waals surface area contributed by atoms with Gasteiger partial charge in [-0.05, 0) is 23.3 Å². The van der Waals surface area contributed by atoms with Crippen LogP contribution in [0.4, 0.5) is 0 Å². The van der Waals surface area contributed by atoms with Crippen LogP contribution < -0.4 is 9.25 Å². The van der Waals surface area contributed by atoms with E-state index < -0.39 is 0 Å². The summed E-state index contributed by atoms with van der Waals surface area (Å²) < 4.78 is 3.90. The van der Waals surface area contributed by atoms with Gasteiger partial charge in [0.2, 0.25) is 0 Å². The third-order valence-corrected chi connectivity index (χ3v) is 2.57. The first-order chi connectivity index (χ1) is 9.38. The highest BCUT2D eigenvalue weighted by atomic mass is 16.4. The van der Waals surface area contributed by atoms with E-state index in [1.165, 1.54) is 6.21 Å². The fraction of sp³-hybridized carbons (Fsp3) is 0.143. The summed E-state index contributed by atoms with van der Waals surface area (Å²) in [4.78, 5) is 0. The lowest BCUT2D eigenvalue weighted by Crippen LogP contribution is -2.36. The Morgan fingerprint density at radius 2 is 1.89 bits per heavy atom. The molecule has 0 atom stereocenters. The molecule has 0 aliphatic heterocycles. The smallest absolute Gasteiger partial charge is 0.196 e. The second kappa shape index (κ2) is 7.00. The van der Waals surface area contributed by atoms with Crippen molar-refractivity contribution in [3.8, 4) is 0 Å². The minimum Gasteiger partial charge on any atom is -0.411 e. The lowest BCUT2D eigenvalue weighted by Gasteiger charge is -1.92. The topological polar surface area (TPSA) is 53.2 Å². The SMILES string of the molecule is O/N=C\c1cc[n+](C/C=C/C[n+]2ccccn2)cc1. The highest BCUT2D eigenvalue weighted by Crippen LogP contribution is 1.90. The number of allylic oxidation sites excluding steroid dienone is 2. The molecule has 2 aromatic heterocycles. The van der Waals surface area contributed by atoms with Crippen molar-refractivity contribution in [2.45, 2.75) is 13.1 Å². The van der Waals surface area contributed by atoms with Crippen molar-refractivity contribution in [1.29, 1.82) is 0 Å². The molecule has 5 heteroatoms. The Labute approximate surface area is 111 Å². The van der Waals surface area contributed by atoms with Crippen molar-refractivity contribution in [2.75, 3.05) is 0 Å². The largest absolute Gasteiger partial charge is 0.411 e. The maximum atomic E-state index is 8.41. The van der Waals surface area contributed by atoms with Gasteiger partial charge in [0.1, 0.15) is 0 Å². The molecule has 0 fully saturated rings. The number of aromatic nitrogens is 3. The standard InChI is InChI=1S/C14H15N4O/c19-16-13-14-5-11-17(12-6-14)8-3-4-10-18-9-2-1-7-15-18/h1-7,9,11-13H,8,10H2/q+1/p+1/b4-3+. The molecule has 0 bridgehead atoms. The molecule has 0 aliphatic rings. The summed E-state index contributed by atoms with van der Waals surface area (Å²) in [6.07, 6.45) is 13.1. The quantitative estimate of drug-likeness (QED) is 0.282. The predicted molar refractivity (Wildman–Crippen MR) is 69.6 cm³/mol. The van der Waals surface area contributed by atoms with Crippen LogP contribution in [0.25, 0.3) is 0 Å². The van der Waals surface area contributed by atoms with Gasteiger partial charge in [-0.15, -0.1) is 0 Å². The van der Waals surface area contributed by atoms with Crippen molar-refractivity contribution in [1.82, 2.24) is 5.10 Å². The van der Waals surface area contributed by atoms with Gasteiger partial charge in [-0.25, -0.2) is 4.57 Å². The number of hydrogen-bond donors (Lipinski definition) is 1. The first-order valence-corrected chi connectivity index (χ1v) is 6.01. The zero-order valence-corrected chi connectivity index (χ0v) is 10.5. The van der Waals surface area contributed by atoms with Crippen molar-refractivity contribution < 1.29 is 14.5 Å². The lowest BCUT2D eigenvalue weighted by molar-refractivity contribution is -0.745. The van der Waals surface area contributed by atoms with Crippen LogP contribution in [0, 0.1) is 0 Å². The predicted octanol–water partition coefficient (Wildman–Crippen LogP) is 0.721. The monoisotopic (exact) mass is 256 g/mol. The van der Waals surface area contributed by atoms with Crippen LogP contribution in [0.15, 0.2) is 66.4 Å². The van der Waals surface area contributed by atoms with Crippen LogP contribution in [-0.2, 0) is 13.1 Å². The highest BCUT2D eigenvalue weighted by Gasteiger charge is 1.98. The second-order valence-corrected chi connectivity index (χ2v) is 3.96. The molecule has 2 aromatic rings. The summed E-state index contributed by atoms with van der Waals surface area (Å²) in [7, 11) is 0. The fourth-order valence-electron chi connectivity index (χ4n) is 1.59. The van der Waals surface area contributed by atoms with Crippen LogP contribution in [0.3, 0.4) is 0 Å². The van der Waals surface area contributed by atoms with E-state index in [1.807, 2.05) is 52.1 Å². The molecule has 0 saturated heterocycles. The van der Waals surface area contributed by atoms with Gasteiger partial charge in [0, 0.05) is 23.8 Å². The first kappa shape index (κ1) is 12.9. The van der Waals surface area contributed by atoms with Gasteiger partial charge in [-0.2, -0.15) is 0 Å². The van der Waals surface area contributed by atoms with Gasteiger partial charge < -0.3 is 5.21 Å². The van der Waals surface area contributed by atoms with Crippen molar-refractivity contribution in [2.24, 2.45) is 5.16 Å². The van der Waals surface area contributed by atoms with Crippen LogP contribution >= 0.6 is 0 Å². The van der Waals surface area contributed by atoms with Crippen LogP contribution in [0.2, 0.25) is 0 Å². The fourth-order valence-corrected chi connectivity index (χ4v) is 1.59. The van der Waals surface area contributed by atoms with Crippen LogP contribution in [0.1, 0.15) is 5.56 Å². The van der Waals surface area contributed by atoms with Gasteiger partial charge in [0.15, 0.2) is 31.7 Å². The summed E-state index contributed by atoms with van der Waals surface area (Å²) in [5.74, 6) is 0. The van der Waals surface area contributed by atoms with Gasteiger partial charge in [-0.1, -0.05) is 9.84 Å². The molecular formula is C14H16N4O+2. The molecule has 0 saturated carbocycles. The number of rotatable bonds is 5. The third kappa shape index (κ3) is 4.31. The maximum absolute atomic E-state index is 8.41. The summed E-state index contributed by atoms with van der Waals surface area (Å²) in [6, 6.07) is 7.63.